The number of benzene rings is 1. The molecule has 2 aliphatic carbocycles. The molecule has 0 radical (unpaired) electrons. The summed E-state index contributed by atoms with van der Waals surface area (Å²) < 4.78 is 0. The number of fused-ring (bicyclic) bond motifs is 3. The van der Waals surface area contributed by atoms with Crippen LogP contribution in [-0.2, 0) is 12.8 Å². The number of rotatable bonds is 17. The minimum absolute atomic E-state index is 0.451. The highest BCUT2D eigenvalue weighted by atomic mass is 14.9. The number of hydrogen-bond acceptors (Lipinski definition) is 1. The Bertz CT molecular complexity index is 1070. The number of allylic oxidation sites excluding steroid dienone is 2. The van der Waals surface area contributed by atoms with Crippen molar-refractivity contribution in [3.05, 3.63) is 46.8 Å². The SMILES string of the molecule is CCCC/C=C(\NC)C1(CCCCCCCCC2Cc3[nH]c4ccc(CCC)cc4c3[C@H](C)C2CC)CCCCC1. The van der Waals surface area contributed by atoms with Gasteiger partial charge in [-0.2, -0.15) is 0 Å². The average molecular weight is 561 g/mol. The fourth-order valence-corrected chi connectivity index (χ4v) is 8.97. The highest BCUT2D eigenvalue weighted by Gasteiger charge is 2.36. The summed E-state index contributed by atoms with van der Waals surface area (Å²) in [5.41, 5.74) is 8.11. The number of H-pyrrole nitrogens is 1. The van der Waals surface area contributed by atoms with Crippen LogP contribution in [0.5, 0.6) is 0 Å². The molecule has 2 heteroatoms. The Balaban J connectivity index is 1.23. The van der Waals surface area contributed by atoms with E-state index < -0.39 is 0 Å². The molecule has 0 bridgehead atoms. The van der Waals surface area contributed by atoms with Crippen LogP contribution in [0.1, 0.15) is 166 Å². The molecule has 1 fully saturated rings. The lowest BCUT2D eigenvalue weighted by atomic mass is 9.68. The standard InChI is InChI=1S/C39H64N2/c1-6-9-15-22-37(40-5)39(26-18-14-19-27-39)25-17-13-11-10-12-16-21-32-29-36-38(30(4)33(32)8-3)34-28-31(20-7-2)23-24-35(34)41-36/h22-24,28,30,32-33,40-41H,6-21,25-27,29H2,1-5H3/b37-22-/t30-,32?,33?/m1/s1. The number of unbranched alkanes of at least 4 members (excludes halogenated alkanes) is 7. The smallest absolute Gasteiger partial charge is 0.0459 e. The monoisotopic (exact) mass is 561 g/mol. The van der Waals surface area contributed by atoms with Gasteiger partial charge in [-0.3, -0.25) is 0 Å². The quantitative estimate of drug-likeness (QED) is 0.185. The van der Waals surface area contributed by atoms with Gasteiger partial charge in [0.05, 0.1) is 0 Å². The summed E-state index contributed by atoms with van der Waals surface area (Å²) in [4.78, 5) is 3.86. The van der Waals surface area contributed by atoms with Crippen molar-refractivity contribution >= 4 is 10.9 Å². The van der Waals surface area contributed by atoms with Crippen LogP contribution < -0.4 is 5.32 Å². The lowest BCUT2D eigenvalue weighted by Gasteiger charge is -2.40. The molecule has 1 aromatic carbocycles. The van der Waals surface area contributed by atoms with Gasteiger partial charge in [-0.1, -0.05) is 123 Å². The molecule has 0 spiro atoms. The second-order valence-electron chi connectivity index (χ2n) is 14.0. The largest absolute Gasteiger partial charge is 0.391 e. The topological polar surface area (TPSA) is 27.8 Å². The van der Waals surface area contributed by atoms with Crippen LogP contribution in [0.2, 0.25) is 0 Å². The summed E-state index contributed by atoms with van der Waals surface area (Å²) in [5, 5.41) is 5.18. The summed E-state index contributed by atoms with van der Waals surface area (Å²) in [6, 6.07) is 7.18. The molecule has 0 saturated heterocycles. The van der Waals surface area contributed by atoms with Gasteiger partial charge in [0.15, 0.2) is 0 Å². The first-order chi connectivity index (χ1) is 20.1. The van der Waals surface area contributed by atoms with E-state index in [0.717, 1.165) is 11.8 Å². The van der Waals surface area contributed by atoms with E-state index in [1.807, 2.05) is 0 Å². The molecule has 2 unspecified atom stereocenters. The highest BCUT2D eigenvalue weighted by Crippen LogP contribution is 2.47. The number of aromatic nitrogens is 1. The first-order valence-corrected chi connectivity index (χ1v) is 18.1. The maximum atomic E-state index is 3.86. The second kappa shape index (κ2) is 16.2. The summed E-state index contributed by atoms with van der Waals surface area (Å²) >= 11 is 0. The molecule has 0 amide bonds. The van der Waals surface area contributed by atoms with Crippen molar-refractivity contribution in [2.45, 2.75) is 162 Å². The average Bonchev–Trinajstić information content (AvgIpc) is 3.35. The normalized spacial score (nSPS) is 22.7. The maximum Gasteiger partial charge on any atom is 0.0459 e. The summed E-state index contributed by atoms with van der Waals surface area (Å²) in [6.07, 6.45) is 29.8. The highest BCUT2D eigenvalue weighted by molar-refractivity contribution is 5.86. The fourth-order valence-electron chi connectivity index (χ4n) is 8.97. The lowest BCUT2D eigenvalue weighted by Crippen LogP contribution is -2.32. The van der Waals surface area contributed by atoms with E-state index in [-0.39, 0.29) is 0 Å². The Hall–Kier alpha value is -1.70. The van der Waals surface area contributed by atoms with Crippen molar-refractivity contribution in [1.82, 2.24) is 10.3 Å². The molecule has 41 heavy (non-hydrogen) atoms. The lowest BCUT2D eigenvalue weighted by molar-refractivity contribution is 0.203. The predicted octanol–water partition coefficient (Wildman–Crippen LogP) is 11.8. The van der Waals surface area contributed by atoms with Crippen LogP contribution in [0, 0.1) is 17.3 Å². The zero-order chi connectivity index (χ0) is 29.1. The number of nitrogens with one attached hydrogen (secondary N) is 2. The van der Waals surface area contributed by atoms with Crippen molar-refractivity contribution in [2.75, 3.05) is 7.05 Å². The fraction of sp³-hybridized carbons (Fsp3) is 0.744. The number of aryl methyl sites for hydroxylation is 1. The van der Waals surface area contributed by atoms with Crippen molar-refractivity contribution in [2.24, 2.45) is 17.3 Å². The molecular formula is C39H64N2. The van der Waals surface area contributed by atoms with E-state index in [9.17, 15) is 0 Å². The van der Waals surface area contributed by atoms with Crippen LogP contribution in [0.4, 0.5) is 0 Å². The Labute approximate surface area is 253 Å². The number of aromatic amines is 1. The molecule has 230 valence electrons. The van der Waals surface area contributed by atoms with Gasteiger partial charge >= 0.3 is 0 Å². The third-order valence-electron chi connectivity index (χ3n) is 11.2. The van der Waals surface area contributed by atoms with Crippen LogP contribution in [0.3, 0.4) is 0 Å². The third-order valence-corrected chi connectivity index (χ3v) is 11.2. The van der Waals surface area contributed by atoms with Crippen molar-refractivity contribution < 1.29 is 0 Å². The molecule has 2 aromatic rings. The van der Waals surface area contributed by atoms with Gasteiger partial charge in [0.1, 0.15) is 0 Å². The first kappa shape index (κ1) is 32.2. The van der Waals surface area contributed by atoms with E-state index in [2.05, 4.69) is 69.3 Å². The zero-order valence-corrected chi connectivity index (χ0v) is 27.7. The molecule has 4 rings (SSSR count). The minimum Gasteiger partial charge on any atom is -0.391 e. The van der Waals surface area contributed by atoms with Crippen LogP contribution in [0.15, 0.2) is 30.0 Å². The molecular weight excluding hydrogens is 496 g/mol. The molecule has 2 N–H and O–H groups in total. The van der Waals surface area contributed by atoms with Crippen molar-refractivity contribution in [1.29, 1.82) is 0 Å². The Morgan fingerprint density at radius 2 is 1.71 bits per heavy atom. The Morgan fingerprint density at radius 3 is 2.41 bits per heavy atom. The van der Waals surface area contributed by atoms with E-state index in [0.29, 0.717) is 11.3 Å². The van der Waals surface area contributed by atoms with Crippen LogP contribution >= 0.6 is 0 Å². The molecule has 3 atom stereocenters. The maximum absolute atomic E-state index is 3.86. The van der Waals surface area contributed by atoms with Crippen molar-refractivity contribution in [3.63, 3.8) is 0 Å². The second-order valence-corrected chi connectivity index (χ2v) is 14.0. The summed E-state index contributed by atoms with van der Waals surface area (Å²) in [5.74, 6) is 2.34. The molecule has 2 nitrogen and oxygen atoms in total. The van der Waals surface area contributed by atoms with E-state index >= 15 is 0 Å². The number of hydrogen-bond donors (Lipinski definition) is 2. The molecule has 1 aromatic heterocycles. The van der Waals surface area contributed by atoms with Crippen LogP contribution in [0.25, 0.3) is 10.9 Å². The molecule has 0 aliphatic heterocycles. The van der Waals surface area contributed by atoms with Gasteiger partial charge in [-0.25, -0.2) is 0 Å². The van der Waals surface area contributed by atoms with E-state index in [4.69, 9.17) is 0 Å². The Kier molecular flexibility index (Phi) is 12.8. The van der Waals surface area contributed by atoms with Gasteiger partial charge in [0.2, 0.25) is 0 Å². The molecule has 1 saturated carbocycles. The third kappa shape index (κ3) is 8.03. The van der Waals surface area contributed by atoms with E-state index in [1.165, 1.54) is 145 Å². The zero-order valence-electron chi connectivity index (χ0n) is 27.7. The predicted molar refractivity (Wildman–Crippen MR) is 181 cm³/mol. The van der Waals surface area contributed by atoms with Gasteiger partial charge in [-0.15, -0.1) is 0 Å². The molecule has 1 heterocycles. The van der Waals surface area contributed by atoms with Gasteiger partial charge in [0, 0.05) is 34.8 Å². The van der Waals surface area contributed by atoms with Gasteiger partial charge in [-0.05, 0) is 86.0 Å². The molecule has 2 aliphatic rings. The van der Waals surface area contributed by atoms with E-state index in [1.54, 1.807) is 17.0 Å². The van der Waals surface area contributed by atoms with Gasteiger partial charge in [0.25, 0.3) is 0 Å². The van der Waals surface area contributed by atoms with Crippen LogP contribution in [-0.4, -0.2) is 12.0 Å². The van der Waals surface area contributed by atoms with Gasteiger partial charge < -0.3 is 10.3 Å². The Morgan fingerprint density at radius 1 is 0.951 bits per heavy atom. The van der Waals surface area contributed by atoms with Crippen molar-refractivity contribution in [3.8, 4) is 0 Å². The minimum atomic E-state index is 0.451. The first-order valence-electron chi connectivity index (χ1n) is 18.1. The summed E-state index contributed by atoms with van der Waals surface area (Å²) in [6.45, 7) is 9.56. The summed E-state index contributed by atoms with van der Waals surface area (Å²) in [7, 11) is 2.17.